The number of rotatable bonds is 9. The summed E-state index contributed by atoms with van der Waals surface area (Å²) in [5, 5.41) is 0. The average Bonchev–Trinajstić information content (AvgIpc) is 2.67. The maximum absolute atomic E-state index is 14.9. The molecule has 1 saturated carbocycles. The van der Waals surface area contributed by atoms with Gasteiger partial charge in [-0.1, -0.05) is 33.1 Å². The maximum Gasteiger partial charge on any atom is 0.201 e. The number of aryl methyl sites for hydroxylation is 1. The topological polar surface area (TPSA) is 18.5 Å². The first-order chi connectivity index (χ1) is 13.0. The van der Waals surface area contributed by atoms with Gasteiger partial charge in [-0.3, -0.25) is 0 Å². The molecule has 2 rings (SSSR count). The molecule has 1 fully saturated rings. The fourth-order valence-corrected chi connectivity index (χ4v) is 4.47. The quantitative estimate of drug-likeness (QED) is 0.123. The fourth-order valence-electron chi connectivity index (χ4n) is 3.27. The molecule has 0 heterocycles. The molecule has 1 radical (unpaired) electrons. The third kappa shape index (κ3) is 7.33. The molecule has 0 amide bonds. The van der Waals surface area contributed by atoms with Crippen LogP contribution in [0.1, 0.15) is 69.9 Å². The first-order valence-electron chi connectivity index (χ1n) is 9.94. The Morgan fingerprint density at radius 3 is 2.50 bits per heavy atom. The Kier molecular flexibility index (Phi) is 13.0. The van der Waals surface area contributed by atoms with E-state index in [-0.39, 0.29) is 52.6 Å². The Hall–Kier alpha value is 0.514. The van der Waals surface area contributed by atoms with Gasteiger partial charge in [0, 0.05) is 53.3 Å². The number of hydrogen-bond donors (Lipinski definition) is 0. The molecule has 1 aromatic rings. The molecule has 0 saturated heterocycles. The normalized spacial score (nSPS) is 15.6. The van der Waals surface area contributed by atoms with Crippen LogP contribution in [0.4, 0.5) is 8.78 Å². The number of hydrogen-bond acceptors (Lipinski definition) is 2. The zero-order valence-corrected chi connectivity index (χ0v) is 23.0. The molecule has 0 aliphatic heterocycles. The van der Waals surface area contributed by atoms with Gasteiger partial charge in [-0.25, -0.2) is 4.39 Å². The van der Waals surface area contributed by atoms with Crippen LogP contribution < -0.4 is 4.74 Å². The second-order valence-electron chi connectivity index (χ2n) is 7.11. The zero-order chi connectivity index (χ0) is 19.8. The molecule has 1 aromatic carbocycles. The van der Waals surface area contributed by atoms with Gasteiger partial charge in [-0.05, 0) is 53.5 Å². The maximum atomic E-state index is 14.9. The smallest absolute Gasteiger partial charge is 0.201 e. The van der Waals surface area contributed by atoms with Crippen LogP contribution in [0.25, 0.3) is 3.58 Å². The van der Waals surface area contributed by atoms with Crippen molar-refractivity contribution < 1.29 is 59.5 Å². The van der Waals surface area contributed by atoms with E-state index in [2.05, 4.69) is 35.9 Å². The van der Waals surface area contributed by atoms with Crippen LogP contribution in [0.2, 0.25) is 0 Å². The third-order valence-corrected chi connectivity index (χ3v) is 6.10. The van der Waals surface area contributed by atoms with E-state index >= 15 is 0 Å². The molecule has 0 aromatic heterocycles. The molecule has 0 spiro atoms. The summed E-state index contributed by atoms with van der Waals surface area (Å²) in [6.07, 6.45) is 9.13. The van der Waals surface area contributed by atoms with Crippen LogP contribution in [0.3, 0.4) is 0 Å². The number of halogens is 3. The van der Waals surface area contributed by atoms with Gasteiger partial charge in [0.15, 0.2) is 11.6 Å². The van der Waals surface area contributed by atoms with E-state index in [0.717, 1.165) is 38.5 Å². The Morgan fingerprint density at radius 1 is 1.21 bits per heavy atom. The summed E-state index contributed by atoms with van der Waals surface area (Å²) >= 11 is 2.06. The van der Waals surface area contributed by atoms with Crippen LogP contribution in [-0.4, -0.2) is 13.2 Å². The Labute approximate surface area is 215 Å². The number of unbranched alkanes of at least 4 members (excludes halogenated alkanes) is 1. The van der Waals surface area contributed by atoms with Crippen molar-refractivity contribution in [2.45, 2.75) is 65.7 Å². The van der Waals surface area contributed by atoms with E-state index in [9.17, 15) is 8.78 Å². The van der Waals surface area contributed by atoms with Gasteiger partial charge in [-0.2, -0.15) is 17.2 Å². The fraction of sp³-hybridized carbons (Fsp3) is 0.591. The molecule has 2 nitrogen and oxygen atoms in total. The van der Waals surface area contributed by atoms with Gasteiger partial charge in [0.25, 0.3) is 0 Å². The van der Waals surface area contributed by atoms with Gasteiger partial charge in [0.2, 0.25) is 5.82 Å². The summed E-state index contributed by atoms with van der Waals surface area (Å²) < 4.78 is 41.6. The average molecular weight is 632 g/mol. The number of ether oxygens (including phenoxy) is 2. The van der Waals surface area contributed by atoms with Crippen molar-refractivity contribution in [1.29, 1.82) is 0 Å². The molecule has 0 bridgehead atoms. The first kappa shape index (κ1) is 26.5. The Morgan fingerprint density at radius 2 is 1.89 bits per heavy atom. The summed E-state index contributed by atoms with van der Waals surface area (Å²) in [6, 6.07) is 1.61. The van der Waals surface area contributed by atoms with E-state index in [0.29, 0.717) is 40.5 Å². The SMILES string of the molecule is CCCCO/C(CC)=C(\I)c1c(C)cc(OCC2CC[CH-]CC2)c(F)c1F.[Pr]. The van der Waals surface area contributed by atoms with Crippen LogP contribution in [0.5, 0.6) is 5.75 Å². The van der Waals surface area contributed by atoms with E-state index in [1.54, 1.807) is 13.0 Å². The minimum Gasteiger partial charge on any atom is -0.497 e. The molecule has 1 aliphatic carbocycles. The summed E-state index contributed by atoms with van der Waals surface area (Å²) in [7, 11) is 0. The predicted molar refractivity (Wildman–Crippen MR) is 115 cm³/mol. The molecule has 1 aliphatic rings. The molecular weight excluding hydrogens is 602 g/mol. The van der Waals surface area contributed by atoms with Crippen LogP contribution in [0, 0.1) is 72.2 Å². The summed E-state index contributed by atoms with van der Waals surface area (Å²) in [5.74, 6) is -0.626. The monoisotopic (exact) mass is 632 g/mol. The first-order valence-corrected chi connectivity index (χ1v) is 11.0. The van der Waals surface area contributed by atoms with E-state index < -0.39 is 11.6 Å². The van der Waals surface area contributed by atoms with Crippen molar-refractivity contribution in [3.8, 4) is 5.75 Å². The van der Waals surface area contributed by atoms with Gasteiger partial charge >= 0.3 is 0 Å². The van der Waals surface area contributed by atoms with Gasteiger partial charge in [0.1, 0.15) is 5.76 Å². The van der Waals surface area contributed by atoms with E-state index in [1.807, 2.05) is 6.92 Å². The summed E-state index contributed by atoms with van der Waals surface area (Å²) in [5.41, 5.74) is 0.941. The molecule has 155 valence electrons. The largest absolute Gasteiger partial charge is 0.497 e. The molecule has 0 N–H and O–H groups in total. The Balaban J connectivity index is 0.00000392. The second-order valence-corrected chi connectivity index (χ2v) is 8.19. The molecular formula is C22H30F2IO2Pr-. The Bertz CT molecular complexity index is 658. The number of benzene rings is 1. The molecule has 0 atom stereocenters. The van der Waals surface area contributed by atoms with Crippen LogP contribution >= 0.6 is 22.6 Å². The summed E-state index contributed by atoms with van der Waals surface area (Å²) in [4.78, 5) is 0. The molecule has 28 heavy (non-hydrogen) atoms. The van der Waals surface area contributed by atoms with Crippen molar-refractivity contribution in [2.75, 3.05) is 13.2 Å². The second kappa shape index (κ2) is 13.7. The van der Waals surface area contributed by atoms with Crippen molar-refractivity contribution in [2.24, 2.45) is 5.92 Å². The minimum absolute atomic E-state index is 0. The standard InChI is InChI=1S/C22H30F2IO2.Pr/c1-4-6-12-26-17(5-2)22(25)19-15(3)13-18(20(23)21(19)24)27-14-16-10-8-7-9-11-16;/h7,13,16H,4-6,8-12,14H2,1-3H3;/q-1;/b22-17-;. The third-order valence-electron chi connectivity index (χ3n) is 4.96. The predicted octanol–water partition coefficient (Wildman–Crippen LogP) is 7.38. The van der Waals surface area contributed by atoms with Gasteiger partial charge in [-0.15, -0.1) is 0 Å². The molecule has 0 unspecified atom stereocenters. The molecule has 6 heteroatoms. The van der Waals surface area contributed by atoms with Crippen LogP contribution in [-0.2, 0) is 4.74 Å². The van der Waals surface area contributed by atoms with Crippen molar-refractivity contribution in [3.63, 3.8) is 0 Å². The van der Waals surface area contributed by atoms with Gasteiger partial charge < -0.3 is 15.9 Å². The zero-order valence-electron chi connectivity index (χ0n) is 17.1. The van der Waals surface area contributed by atoms with Crippen molar-refractivity contribution in [1.82, 2.24) is 0 Å². The van der Waals surface area contributed by atoms with E-state index in [4.69, 9.17) is 9.47 Å². The summed E-state index contributed by atoms with van der Waals surface area (Å²) in [6.45, 7) is 6.87. The van der Waals surface area contributed by atoms with Gasteiger partial charge in [0.05, 0.1) is 16.8 Å². The minimum atomic E-state index is -0.906. The van der Waals surface area contributed by atoms with Crippen molar-refractivity contribution in [3.05, 3.63) is 41.0 Å². The van der Waals surface area contributed by atoms with E-state index in [1.165, 1.54) is 0 Å². The van der Waals surface area contributed by atoms with Crippen molar-refractivity contribution >= 4 is 26.2 Å². The van der Waals surface area contributed by atoms with Crippen LogP contribution in [0.15, 0.2) is 11.8 Å². The number of allylic oxidation sites excluding steroid dienone is 1.